The highest BCUT2D eigenvalue weighted by molar-refractivity contribution is 7.10. The van der Waals surface area contributed by atoms with Crippen LogP contribution in [0.4, 0.5) is 10.1 Å². The van der Waals surface area contributed by atoms with Gasteiger partial charge in [0.2, 0.25) is 5.91 Å². The van der Waals surface area contributed by atoms with E-state index in [1.54, 1.807) is 17.4 Å². The van der Waals surface area contributed by atoms with Gasteiger partial charge in [0.05, 0.1) is 18.3 Å². The standard InChI is InChI=1S/C20H19FN2OS/c1-14-9-10-17(16(21)12-14)22-13-19(24)23-20(18-8-5-11-25-18)15-6-3-2-4-7-15/h2-12,20,22H,13H2,1H3,(H,23,24). The fourth-order valence-corrected chi connectivity index (χ4v) is 3.37. The lowest BCUT2D eigenvalue weighted by molar-refractivity contribution is -0.119. The van der Waals surface area contributed by atoms with Crippen LogP contribution in [0, 0.1) is 12.7 Å². The molecule has 128 valence electrons. The molecule has 5 heteroatoms. The lowest BCUT2D eigenvalue weighted by Gasteiger charge is -2.18. The van der Waals surface area contributed by atoms with Crippen LogP contribution in [-0.4, -0.2) is 12.5 Å². The Hall–Kier alpha value is -2.66. The summed E-state index contributed by atoms with van der Waals surface area (Å²) in [5, 5.41) is 7.87. The number of thiophene rings is 1. The Bertz CT molecular complexity index is 834. The highest BCUT2D eigenvalue weighted by Crippen LogP contribution is 2.25. The third-order valence-electron chi connectivity index (χ3n) is 3.83. The zero-order chi connectivity index (χ0) is 17.6. The summed E-state index contributed by atoms with van der Waals surface area (Å²) in [4.78, 5) is 13.4. The van der Waals surface area contributed by atoms with Crippen molar-refractivity contribution in [3.05, 3.63) is 87.9 Å². The summed E-state index contributed by atoms with van der Waals surface area (Å²) >= 11 is 1.59. The number of amides is 1. The van der Waals surface area contributed by atoms with Gasteiger partial charge in [-0.05, 0) is 41.6 Å². The number of rotatable bonds is 6. The van der Waals surface area contributed by atoms with Crippen molar-refractivity contribution >= 4 is 22.9 Å². The topological polar surface area (TPSA) is 41.1 Å². The van der Waals surface area contributed by atoms with E-state index >= 15 is 0 Å². The minimum Gasteiger partial charge on any atom is -0.374 e. The second-order valence-electron chi connectivity index (χ2n) is 5.76. The van der Waals surface area contributed by atoms with Gasteiger partial charge in [-0.2, -0.15) is 0 Å². The van der Waals surface area contributed by atoms with E-state index in [0.717, 1.165) is 16.0 Å². The maximum atomic E-state index is 13.9. The van der Waals surface area contributed by atoms with E-state index < -0.39 is 0 Å². The van der Waals surface area contributed by atoms with Gasteiger partial charge in [-0.25, -0.2) is 4.39 Å². The molecule has 0 saturated carbocycles. The molecule has 3 rings (SSSR count). The van der Waals surface area contributed by atoms with Crippen molar-refractivity contribution in [1.82, 2.24) is 5.32 Å². The summed E-state index contributed by atoms with van der Waals surface area (Å²) in [6.07, 6.45) is 0. The van der Waals surface area contributed by atoms with Gasteiger partial charge < -0.3 is 10.6 Å². The predicted molar refractivity (Wildman–Crippen MR) is 100 cm³/mol. The van der Waals surface area contributed by atoms with Gasteiger partial charge in [-0.1, -0.05) is 42.5 Å². The maximum absolute atomic E-state index is 13.9. The fraction of sp³-hybridized carbons (Fsp3) is 0.150. The quantitative estimate of drug-likeness (QED) is 0.684. The molecule has 0 aliphatic carbocycles. The second-order valence-corrected chi connectivity index (χ2v) is 6.74. The van der Waals surface area contributed by atoms with Gasteiger partial charge in [0.15, 0.2) is 0 Å². The second kappa shape index (κ2) is 7.94. The zero-order valence-electron chi connectivity index (χ0n) is 13.8. The Morgan fingerprint density at radius 3 is 2.60 bits per heavy atom. The van der Waals surface area contributed by atoms with Crippen molar-refractivity contribution in [3.63, 3.8) is 0 Å². The average Bonchev–Trinajstić information content (AvgIpc) is 3.14. The Labute approximate surface area is 150 Å². The smallest absolute Gasteiger partial charge is 0.240 e. The number of anilines is 1. The molecule has 1 atom stereocenters. The van der Waals surface area contributed by atoms with Crippen molar-refractivity contribution in [2.45, 2.75) is 13.0 Å². The molecule has 1 unspecified atom stereocenters. The number of benzene rings is 2. The molecule has 0 saturated heterocycles. The number of carbonyl (C=O) groups is 1. The summed E-state index contributed by atoms with van der Waals surface area (Å²) in [5.41, 5.74) is 2.18. The average molecular weight is 354 g/mol. The minimum absolute atomic E-state index is 0.00862. The first-order valence-electron chi connectivity index (χ1n) is 8.01. The number of aryl methyl sites for hydroxylation is 1. The van der Waals surface area contributed by atoms with Crippen LogP contribution in [0.15, 0.2) is 66.0 Å². The molecule has 2 N–H and O–H groups in total. The van der Waals surface area contributed by atoms with Crippen molar-refractivity contribution in [2.24, 2.45) is 0 Å². The van der Waals surface area contributed by atoms with Crippen molar-refractivity contribution in [2.75, 3.05) is 11.9 Å². The van der Waals surface area contributed by atoms with Gasteiger partial charge >= 0.3 is 0 Å². The Morgan fingerprint density at radius 2 is 1.92 bits per heavy atom. The number of halogens is 1. The van der Waals surface area contributed by atoms with Crippen LogP contribution in [0.1, 0.15) is 22.0 Å². The monoisotopic (exact) mass is 354 g/mol. The number of nitrogens with one attached hydrogen (secondary N) is 2. The summed E-state index contributed by atoms with van der Waals surface area (Å²) in [6.45, 7) is 1.83. The molecule has 1 heterocycles. The number of hydrogen-bond donors (Lipinski definition) is 2. The lowest BCUT2D eigenvalue weighted by Crippen LogP contribution is -2.33. The highest BCUT2D eigenvalue weighted by Gasteiger charge is 2.17. The molecule has 25 heavy (non-hydrogen) atoms. The van der Waals surface area contributed by atoms with Crippen molar-refractivity contribution in [1.29, 1.82) is 0 Å². The van der Waals surface area contributed by atoms with Gasteiger partial charge in [0, 0.05) is 4.88 Å². The molecule has 3 aromatic rings. The van der Waals surface area contributed by atoms with E-state index in [2.05, 4.69) is 10.6 Å². The van der Waals surface area contributed by atoms with Gasteiger partial charge in [-0.3, -0.25) is 4.79 Å². The van der Waals surface area contributed by atoms with E-state index in [9.17, 15) is 9.18 Å². The summed E-state index contributed by atoms with van der Waals surface area (Å²) < 4.78 is 13.9. The maximum Gasteiger partial charge on any atom is 0.240 e. The normalized spacial score (nSPS) is 11.8. The van der Waals surface area contributed by atoms with Crippen LogP contribution in [-0.2, 0) is 4.79 Å². The van der Waals surface area contributed by atoms with Crippen LogP contribution in [0.2, 0.25) is 0 Å². The minimum atomic E-state index is -0.356. The fourth-order valence-electron chi connectivity index (χ4n) is 2.57. The molecule has 3 nitrogen and oxygen atoms in total. The molecule has 0 aliphatic heterocycles. The SMILES string of the molecule is Cc1ccc(NCC(=O)NC(c2ccccc2)c2cccs2)c(F)c1. The number of hydrogen-bond acceptors (Lipinski definition) is 3. The van der Waals surface area contributed by atoms with Crippen LogP contribution in [0.3, 0.4) is 0 Å². The molecule has 1 aromatic heterocycles. The van der Waals surface area contributed by atoms with Crippen LogP contribution < -0.4 is 10.6 Å². The van der Waals surface area contributed by atoms with Crippen LogP contribution in [0.25, 0.3) is 0 Å². The third-order valence-corrected chi connectivity index (χ3v) is 4.77. The molecule has 0 bridgehead atoms. The highest BCUT2D eigenvalue weighted by atomic mass is 32.1. The van der Waals surface area contributed by atoms with Gasteiger partial charge in [-0.15, -0.1) is 11.3 Å². The zero-order valence-corrected chi connectivity index (χ0v) is 14.6. The van der Waals surface area contributed by atoms with Crippen LogP contribution in [0.5, 0.6) is 0 Å². The Morgan fingerprint density at radius 1 is 1.12 bits per heavy atom. The largest absolute Gasteiger partial charge is 0.374 e. The predicted octanol–water partition coefficient (Wildman–Crippen LogP) is 4.51. The van der Waals surface area contributed by atoms with E-state index in [-0.39, 0.29) is 24.3 Å². The summed E-state index contributed by atoms with van der Waals surface area (Å²) in [5.74, 6) is -0.548. The van der Waals surface area contributed by atoms with E-state index in [1.165, 1.54) is 6.07 Å². The Balaban J connectivity index is 1.68. The first-order valence-corrected chi connectivity index (χ1v) is 8.89. The molecule has 2 aromatic carbocycles. The molecular formula is C20H19FN2OS. The third kappa shape index (κ3) is 4.45. The van der Waals surface area contributed by atoms with E-state index in [4.69, 9.17) is 0 Å². The molecule has 0 aliphatic rings. The molecule has 0 fully saturated rings. The van der Waals surface area contributed by atoms with Crippen LogP contribution >= 0.6 is 11.3 Å². The van der Waals surface area contributed by atoms with Crippen molar-refractivity contribution < 1.29 is 9.18 Å². The van der Waals surface area contributed by atoms with E-state index in [0.29, 0.717) is 5.69 Å². The summed E-state index contributed by atoms with van der Waals surface area (Å²) in [7, 11) is 0. The summed E-state index contributed by atoms with van der Waals surface area (Å²) in [6, 6.07) is 18.4. The molecule has 0 radical (unpaired) electrons. The molecule has 0 spiro atoms. The van der Waals surface area contributed by atoms with Gasteiger partial charge in [0.25, 0.3) is 0 Å². The lowest BCUT2D eigenvalue weighted by atomic mass is 10.1. The first-order chi connectivity index (χ1) is 12.1. The molecule has 1 amide bonds. The van der Waals surface area contributed by atoms with E-state index in [1.807, 2.05) is 60.8 Å². The Kier molecular flexibility index (Phi) is 5.46. The first kappa shape index (κ1) is 17.2. The van der Waals surface area contributed by atoms with Crippen molar-refractivity contribution in [3.8, 4) is 0 Å². The van der Waals surface area contributed by atoms with Gasteiger partial charge in [0.1, 0.15) is 5.82 Å². The number of carbonyl (C=O) groups excluding carboxylic acids is 1. The molecular weight excluding hydrogens is 335 g/mol.